The van der Waals surface area contributed by atoms with Gasteiger partial charge in [-0.05, 0) is 68.6 Å². The Labute approximate surface area is 175 Å². The average Bonchev–Trinajstić information content (AvgIpc) is 3.12. The zero-order chi connectivity index (χ0) is 20.9. The van der Waals surface area contributed by atoms with Gasteiger partial charge in [-0.15, -0.1) is 0 Å². The minimum Gasteiger partial charge on any atom is -0.493 e. The Kier molecular flexibility index (Phi) is 6.40. The van der Waals surface area contributed by atoms with Gasteiger partial charge in [0, 0.05) is 6.54 Å². The van der Waals surface area contributed by atoms with E-state index in [9.17, 15) is 9.90 Å². The zero-order valence-corrected chi connectivity index (χ0v) is 17.3. The highest BCUT2D eigenvalue weighted by molar-refractivity contribution is 5.82. The number of rotatable bonds is 8. The van der Waals surface area contributed by atoms with Gasteiger partial charge < -0.3 is 29.4 Å². The van der Waals surface area contributed by atoms with Gasteiger partial charge in [-0.1, -0.05) is 18.2 Å². The molecule has 0 saturated carbocycles. The number of H-pyrrole nitrogens is 2. The minimum atomic E-state index is -0.594. The van der Waals surface area contributed by atoms with E-state index in [0.29, 0.717) is 29.2 Å². The van der Waals surface area contributed by atoms with E-state index in [0.717, 1.165) is 43.9 Å². The van der Waals surface area contributed by atoms with Crippen LogP contribution in [0.1, 0.15) is 18.4 Å². The molecule has 7 nitrogen and oxygen atoms in total. The highest BCUT2D eigenvalue weighted by Crippen LogP contribution is 2.24. The summed E-state index contributed by atoms with van der Waals surface area (Å²) in [5, 5.41) is 10.5. The lowest BCUT2D eigenvalue weighted by molar-refractivity contribution is 0.0506. The molecule has 0 bridgehead atoms. The van der Waals surface area contributed by atoms with Gasteiger partial charge in [0.1, 0.15) is 29.7 Å². The Balaban J connectivity index is 1.22. The molecule has 1 unspecified atom stereocenters. The zero-order valence-electron chi connectivity index (χ0n) is 17.3. The van der Waals surface area contributed by atoms with Gasteiger partial charge in [-0.3, -0.25) is 0 Å². The van der Waals surface area contributed by atoms with Gasteiger partial charge in [0.25, 0.3) is 0 Å². The Morgan fingerprint density at radius 2 is 1.90 bits per heavy atom. The largest absolute Gasteiger partial charge is 0.493 e. The quantitative estimate of drug-likeness (QED) is 0.530. The summed E-state index contributed by atoms with van der Waals surface area (Å²) in [4.78, 5) is 19.3. The molecule has 1 fully saturated rings. The highest BCUT2D eigenvalue weighted by atomic mass is 16.5. The monoisotopic (exact) mass is 411 g/mol. The van der Waals surface area contributed by atoms with Crippen molar-refractivity contribution in [2.75, 3.05) is 32.8 Å². The molecule has 30 heavy (non-hydrogen) atoms. The lowest BCUT2D eigenvalue weighted by Crippen LogP contribution is -2.41. The molecule has 0 amide bonds. The van der Waals surface area contributed by atoms with Crippen molar-refractivity contribution in [3.63, 3.8) is 0 Å². The van der Waals surface area contributed by atoms with E-state index >= 15 is 0 Å². The molecule has 1 atom stereocenters. The standard InChI is InChI=1S/C23H29N3O4/c1-16-11-20-22(25-23(28)24-20)21(12-16)30-15-18(27)13-26-9-7-17(8-10-26)14-29-19-5-3-2-4-6-19/h2-6,11-12,17-18,27H,7-10,13-15H2,1H3,(H2,24,25,28). The van der Waals surface area contributed by atoms with Crippen LogP contribution >= 0.6 is 0 Å². The van der Waals surface area contributed by atoms with Crippen molar-refractivity contribution in [3.05, 3.63) is 58.5 Å². The number of ether oxygens (including phenoxy) is 2. The fourth-order valence-corrected chi connectivity index (χ4v) is 3.96. The van der Waals surface area contributed by atoms with Gasteiger partial charge in [0.15, 0.2) is 0 Å². The number of benzene rings is 2. The molecule has 7 heteroatoms. The smallest absolute Gasteiger partial charge is 0.323 e. The second-order valence-corrected chi connectivity index (χ2v) is 8.10. The number of aromatic amines is 2. The molecular formula is C23H29N3O4. The van der Waals surface area contributed by atoms with E-state index in [4.69, 9.17) is 9.47 Å². The molecule has 160 valence electrons. The van der Waals surface area contributed by atoms with Crippen molar-refractivity contribution >= 4 is 11.0 Å². The maximum atomic E-state index is 11.6. The molecule has 1 aliphatic rings. The number of aromatic nitrogens is 2. The maximum Gasteiger partial charge on any atom is 0.323 e. The molecular weight excluding hydrogens is 382 g/mol. The Morgan fingerprint density at radius 3 is 2.67 bits per heavy atom. The van der Waals surface area contributed by atoms with Crippen LogP contribution in [-0.4, -0.2) is 58.9 Å². The topological polar surface area (TPSA) is 90.6 Å². The van der Waals surface area contributed by atoms with Crippen molar-refractivity contribution < 1.29 is 14.6 Å². The molecule has 1 aliphatic heterocycles. The molecule has 0 radical (unpaired) electrons. The summed E-state index contributed by atoms with van der Waals surface area (Å²) in [6.07, 6.45) is 1.52. The molecule has 2 aromatic carbocycles. The van der Waals surface area contributed by atoms with Crippen molar-refractivity contribution in [2.45, 2.75) is 25.9 Å². The number of imidazole rings is 1. The number of aliphatic hydroxyl groups is 1. The van der Waals surface area contributed by atoms with E-state index < -0.39 is 6.10 Å². The van der Waals surface area contributed by atoms with Crippen LogP contribution in [0.2, 0.25) is 0 Å². The molecule has 4 rings (SSSR count). The SMILES string of the molecule is Cc1cc(OCC(O)CN2CCC(COc3ccccc3)CC2)c2[nH]c(=O)[nH]c2c1. The van der Waals surface area contributed by atoms with Crippen LogP contribution in [0.25, 0.3) is 11.0 Å². The number of aliphatic hydroxyl groups excluding tert-OH is 1. The maximum absolute atomic E-state index is 11.6. The molecule has 0 aliphatic carbocycles. The third-order valence-corrected chi connectivity index (χ3v) is 5.57. The van der Waals surface area contributed by atoms with Crippen molar-refractivity contribution in [2.24, 2.45) is 5.92 Å². The number of hydrogen-bond donors (Lipinski definition) is 3. The number of piperidine rings is 1. The van der Waals surface area contributed by atoms with Crippen LogP contribution in [0.5, 0.6) is 11.5 Å². The molecule has 1 saturated heterocycles. The average molecular weight is 412 g/mol. The van der Waals surface area contributed by atoms with Crippen LogP contribution in [-0.2, 0) is 0 Å². The number of aryl methyl sites for hydroxylation is 1. The predicted molar refractivity (Wildman–Crippen MR) is 116 cm³/mol. The van der Waals surface area contributed by atoms with E-state index in [1.807, 2.05) is 49.4 Å². The molecule has 1 aromatic heterocycles. The number of nitrogens with zero attached hydrogens (tertiary/aromatic N) is 1. The molecule has 3 aromatic rings. The summed E-state index contributed by atoms with van der Waals surface area (Å²) >= 11 is 0. The lowest BCUT2D eigenvalue weighted by Gasteiger charge is -2.33. The van der Waals surface area contributed by atoms with Crippen LogP contribution in [0.15, 0.2) is 47.3 Å². The van der Waals surface area contributed by atoms with Crippen LogP contribution in [0.3, 0.4) is 0 Å². The fraction of sp³-hybridized carbons (Fsp3) is 0.435. The summed E-state index contributed by atoms with van der Waals surface area (Å²) in [7, 11) is 0. The van der Waals surface area contributed by atoms with Crippen molar-refractivity contribution in [3.8, 4) is 11.5 Å². The van der Waals surface area contributed by atoms with Gasteiger partial charge >= 0.3 is 5.69 Å². The number of likely N-dealkylation sites (tertiary alicyclic amines) is 1. The fourth-order valence-electron chi connectivity index (χ4n) is 3.96. The van der Waals surface area contributed by atoms with E-state index in [2.05, 4.69) is 14.9 Å². The van der Waals surface area contributed by atoms with Crippen molar-refractivity contribution in [1.29, 1.82) is 0 Å². The van der Waals surface area contributed by atoms with Crippen LogP contribution in [0, 0.1) is 12.8 Å². The first-order valence-electron chi connectivity index (χ1n) is 10.5. The second kappa shape index (κ2) is 9.36. The lowest BCUT2D eigenvalue weighted by atomic mass is 9.97. The summed E-state index contributed by atoms with van der Waals surface area (Å²) in [5.41, 5.74) is 2.07. The molecule has 2 heterocycles. The summed E-state index contributed by atoms with van der Waals surface area (Å²) in [5.74, 6) is 2.04. The number of para-hydroxylation sites is 1. The predicted octanol–water partition coefficient (Wildman–Crippen LogP) is 2.70. The van der Waals surface area contributed by atoms with Crippen LogP contribution < -0.4 is 15.2 Å². The number of fused-ring (bicyclic) bond motifs is 1. The third kappa shape index (κ3) is 5.23. The van der Waals surface area contributed by atoms with Gasteiger partial charge in [-0.25, -0.2) is 4.79 Å². The highest BCUT2D eigenvalue weighted by Gasteiger charge is 2.22. The Bertz CT molecular complexity index is 1010. The Morgan fingerprint density at radius 1 is 1.13 bits per heavy atom. The van der Waals surface area contributed by atoms with Gasteiger partial charge in [0.2, 0.25) is 0 Å². The van der Waals surface area contributed by atoms with E-state index in [1.54, 1.807) is 0 Å². The first-order chi connectivity index (χ1) is 14.6. The van der Waals surface area contributed by atoms with E-state index in [-0.39, 0.29) is 12.3 Å². The van der Waals surface area contributed by atoms with Crippen LogP contribution in [0.4, 0.5) is 0 Å². The van der Waals surface area contributed by atoms with Gasteiger partial charge in [-0.2, -0.15) is 0 Å². The first kappa shape index (κ1) is 20.5. The summed E-state index contributed by atoms with van der Waals surface area (Å²) < 4.78 is 11.7. The third-order valence-electron chi connectivity index (χ3n) is 5.57. The number of nitrogens with one attached hydrogen (secondary N) is 2. The Hall–Kier alpha value is -2.77. The molecule has 3 N–H and O–H groups in total. The molecule has 0 spiro atoms. The van der Waals surface area contributed by atoms with Gasteiger partial charge in [0.05, 0.1) is 12.1 Å². The minimum absolute atomic E-state index is 0.183. The second-order valence-electron chi connectivity index (χ2n) is 8.10. The normalized spacial score (nSPS) is 16.6. The number of hydrogen-bond acceptors (Lipinski definition) is 5. The first-order valence-corrected chi connectivity index (χ1v) is 10.5. The summed E-state index contributed by atoms with van der Waals surface area (Å²) in [6.45, 7) is 5.33. The summed E-state index contributed by atoms with van der Waals surface area (Å²) in [6, 6.07) is 13.7. The number of β-amino-alcohol motifs (C(OH)–C–C–N with tert-alkyl or cyclic N) is 1. The van der Waals surface area contributed by atoms with E-state index in [1.165, 1.54) is 0 Å². The van der Waals surface area contributed by atoms with Crippen molar-refractivity contribution in [1.82, 2.24) is 14.9 Å².